The summed E-state index contributed by atoms with van der Waals surface area (Å²) in [7, 11) is -11.0. The van der Waals surface area contributed by atoms with Crippen molar-refractivity contribution in [3.05, 3.63) is 137 Å². The molecule has 5 aromatic carbocycles. The number of piperidine rings is 1. The van der Waals surface area contributed by atoms with Gasteiger partial charge in [0.25, 0.3) is 25.8 Å². The van der Waals surface area contributed by atoms with Crippen LogP contribution in [0.15, 0.2) is 136 Å². The maximum absolute atomic E-state index is 14.2. The first kappa shape index (κ1) is 49.3. The molecule has 0 saturated carbocycles. The van der Waals surface area contributed by atoms with E-state index >= 15 is 0 Å². The molecule has 2 aliphatic rings. The minimum Gasteiger partial charge on any atom is -0.394 e. The van der Waals surface area contributed by atoms with E-state index in [-0.39, 0.29) is 18.1 Å². The zero-order chi connectivity index (χ0) is 47.1. The van der Waals surface area contributed by atoms with Gasteiger partial charge in [0, 0.05) is 65.7 Å². The van der Waals surface area contributed by atoms with E-state index < -0.39 is 65.0 Å². The summed E-state index contributed by atoms with van der Waals surface area (Å²) in [5.41, 5.74) is -2.84. The average Bonchev–Trinajstić information content (AvgIpc) is 3.32. The Morgan fingerprint density at radius 2 is 1.56 bits per heavy atom. The van der Waals surface area contributed by atoms with Gasteiger partial charge < -0.3 is 25.2 Å². The lowest BCUT2D eigenvalue weighted by atomic mass is 9.84. The molecule has 12 nitrogen and oxygen atoms in total. The number of hydrogen-bond donors (Lipinski definition) is 4. The number of aliphatic hydroxyl groups is 2. The van der Waals surface area contributed by atoms with Gasteiger partial charge in [-0.25, -0.2) is 21.6 Å². The van der Waals surface area contributed by atoms with Gasteiger partial charge in [0.05, 0.1) is 36.0 Å². The number of nitrogens with zero attached hydrogens (tertiary/aromatic N) is 2. The lowest BCUT2D eigenvalue weighted by Crippen LogP contribution is -2.45. The van der Waals surface area contributed by atoms with E-state index in [4.69, 9.17) is 16.3 Å². The van der Waals surface area contributed by atoms with Crippen LogP contribution in [0.3, 0.4) is 0 Å². The molecule has 2 fully saturated rings. The Bertz CT molecular complexity index is 2660. The summed E-state index contributed by atoms with van der Waals surface area (Å²) in [4.78, 5) is 16.2. The van der Waals surface area contributed by atoms with Gasteiger partial charge >= 0.3 is 5.51 Å². The Balaban J connectivity index is 1.03. The number of carbonyl (C=O) groups excluding carboxylic acids is 1. The van der Waals surface area contributed by atoms with Gasteiger partial charge in [0.1, 0.15) is 4.90 Å². The lowest BCUT2D eigenvalue weighted by Gasteiger charge is -2.36. The molecule has 2 saturated heterocycles. The van der Waals surface area contributed by atoms with Crippen LogP contribution in [0.4, 0.5) is 24.5 Å². The first-order valence-corrected chi connectivity index (χ1v) is 25.6. The monoisotopic (exact) mass is 986 g/mol. The standard InChI is InChI=1S/C47H50ClF3N4O8S3/c48-35-14-10-32(11-15-35)41-8-4-5-9-42(41)45(57)33-20-24-55(25-21-33)37-16-12-34(13-17-37)46(58)53-66(61,62)40-18-19-43(44(28-40)65(59,60)47(49,50)51)52-36(31-64-39-6-2-1-3-7-39)22-23-54-26-27-63-38(29-54)30-56/h1-19,28,33,36,38,45,52,56-57H,20-27,29-31H2,(H,53,58)/t36-,38-,45?/m1/s1. The van der Waals surface area contributed by atoms with Gasteiger partial charge in [0.2, 0.25) is 0 Å². The van der Waals surface area contributed by atoms with Gasteiger partial charge in [-0.05, 0) is 109 Å². The molecule has 7 rings (SSSR count). The first-order chi connectivity index (χ1) is 31.5. The summed E-state index contributed by atoms with van der Waals surface area (Å²) in [5, 5.41) is 24.7. The number of sulfone groups is 1. The molecule has 352 valence electrons. The zero-order valence-electron chi connectivity index (χ0n) is 35.6. The molecular formula is C47H50ClF3N4O8S3. The molecule has 19 heteroatoms. The molecule has 1 amide bonds. The Kier molecular flexibility index (Phi) is 16.1. The molecule has 3 atom stereocenters. The molecule has 2 heterocycles. The third-order valence-corrected chi connectivity index (χ3v) is 16.1. The van der Waals surface area contributed by atoms with E-state index in [1.165, 1.54) is 23.9 Å². The van der Waals surface area contributed by atoms with Crippen LogP contribution in [-0.4, -0.2) is 107 Å². The molecule has 0 spiro atoms. The largest absolute Gasteiger partial charge is 0.501 e. The van der Waals surface area contributed by atoms with Gasteiger partial charge in [0.15, 0.2) is 0 Å². The van der Waals surface area contributed by atoms with Gasteiger partial charge in [-0.15, -0.1) is 11.8 Å². The smallest absolute Gasteiger partial charge is 0.394 e. The number of halogens is 4. The van der Waals surface area contributed by atoms with Crippen molar-refractivity contribution in [2.45, 2.75) is 57.7 Å². The summed E-state index contributed by atoms with van der Waals surface area (Å²) in [5.74, 6) is -0.793. The summed E-state index contributed by atoms with van der Waals surface area (Å²) in [6, 6.07) is 32.3. The molecule has 0 aromatic heterocycles. The summed E-state index contributed by atoms with van der Waals surface area (Å²) in [6.07, 6.45) is 0.585. The molecule has 1 unspecified atom stereocenters. The van der Waals surface area contributed by atoms with E-state index in [1.54, 1.807) is 12.1 Å². The molecule has 5 aromatic rings. The number of ether oxygens (including phenoxy) is 1. The van der Waals surface area contributed by atoms with Crippen LogP contribution in [-0.2, 0) is 24.6 Å². The summed E-state index contributed by atoms with van der Waals surface area (Å²) in [6.45, 7) is 2.83. The molecule has 0 radical (unpaired) electrons. The Morgan fingerprint density at radius 1 is 0.879 bits per heavy atom. The van der Waals surface area contributed by atoms with Crippen LogP contribution in [0.25, 0.3) is 11.1 Å². The van der Waals surface area contributed by atoms with Gasteiger partial charge in [-0.3, -0.25) is 9.69 Å². The normalized spacial score (nSPS) is 17.5. The SMILES string of the molecule is O=C(NS(=O)(=O)c1ccc(N[C@H](CCN2CCO[C@@H](CO)C2)CSc2ccccc2)c(S(=O)(=O)C(F)(F)F)c1)c1ccc(N2CCC(C(O)c3ccccc3-c3ccc(Cl)cc3)CC2)cc1. The highest BCUT2D eigenvalue weighted by atomic mass is 35.5. The zero-order valence-corrected chi connectivity index (χ0v) is 38.8. The predicted molar refractivity (Wildman–Crippen MR) is 250 cm³/mol. The highest BCUT2D eigenvalue weighted by Crippen LogP contribution is 2.39. The number of carbonyl (C=O) groups is 1. The second-order valence-corrected chi connectivity index (χ2v) is 21.3. The van der Waals surface area contributed by atoms with E-state index in [0.29, 0.717) is 75.4 Å². The minimum absolute atomic E-state index is 0.0249. The number of nitrogens with one attached hydrogen (secondary N) is 2. The number of aliphatic hydroxyl groups excluding tert-OH is 2. The maximum Gasteiger partial charge on any atom is 0.501 e. The van der Waals surface area contributed by atoms with E-state index in [9.17, 15) is 45.0 Å². The van der Waals surface area contributed by atoms with Crippen molar-refractivity contribution in [2.75, 3.05) is 61.9 Å². The Morgan fingerprint density at radius 3 is 2.24 bits per heavy atom. The number of thioether (sulfide) groups is 1. The van der Waals surface area contributed by atoms with E-state index in [0.717, 1.165) is 39.4 Å². The molecule has 0 bridgehead atoms. The predicted octanol–water partition coefficient (Wildman–Crippen LogP) is 8.03. The van der Waals surface area contributed by atoms with Crippen molar-refractivity contribution in [3.63, 3.8) is 0 Å². The van der Waals surface area contributed by atoms with Crippen molar-refractivity contribution < 1.29 is 49.8 Å². The molecule has 4 N–H and O–H groups in total. The van der Waals surface area contributed by atoms with Crippen LogP contribution in [0.1, 0.15) is 41.3 Å². The number of sulfonamides is 1. The average molecular weight is 988 g/mol. The highest BCUT2D eigenvalue weighted by molar-refractivity contribution is 7.99. The fourth-order valence-corrected chi connectivity index (χ4v) is 11.3. The topological polar surface area (TPSA) is 166 Å². The number of morpholine rings is 1. The number of rotatable bonds is 17. The van der Waals surface area contributed by atoms with Crippen LogP contribution < -0.4 is 14.9 Å². The molecule has 66 heavy (non-hydrogen) atoms. The van der Waals surface area contributed by atoms with Crippen molar-refractivity contribution >= 4 is 60.5 Å². The second-order valence-electron chi connectivity index (χ2n) is 16.2. The molecular weight excluding hydrogens is 937 g/mol. The molecule has 2 aliphatic heterocycles. The molecule has 0 aliphatic carbocycles. The quantitative estimate of drug-likeness (QED) is 0.0665. The van der Waals surface area contributed by atoms with Crippen molar-refractivity contribution in [3.8, 4) is 11.1 Å². The highest BCUT2D eigenvalue weighted by Gasteiger charge is 2.48. The van der Waals surface area contributed by atoms with Crippen molar-refractivity contribution in [1.82, 2.24) is 9.62 Å². The van der Waals surface area contributed by atoms with Crippen LogP contribution in [0.5, 0.6) is 0 Å². The Labute approximate surface area is 392 Å². The fourth-order valence-electron chi connectivity index (χ4n) is 8.14. The first-order valence-electron chi connectivity index (χ1n) is 21.3. The van der Waals surface area contributed by atoms with E-state index in [2.05, 4.69) is 10.2 Å². The van der Waals surface area contributed by atoms with Crippen LogP contribution >= 0.6 is 23.4 Å². The van der Waals surface area contributed by atoms with Gasteiger partial charge in [-0.2, -0.15) is 13.2 Å². The summed E-state index contributed by atoms with van der Waals surface area (Å²) < 4.78 is 103. The number of hydrogen-bond acceptors (Lipinski definition) is 12. The lowest BCUT2D eigenvalue weighted by molar-refractivity contribution is -0.0529. The van der Waals surface area contributed by atoms with Crippen molar-refractivity contribution in [2.24, 2.45) is 5.92 Å². The van der Waals surface area contributed by atoms with Crippen LogP contribution in [0.2, 0.25) is 5.02 Å². The maximum atomic E-state index is 14.2. The van der Waals surface area contributed by atoms with E-state index in [1.807, 2.05) is 88.5 Å². The number of alkyl halides is 3. The van der Waals surface area contributed by atoms with Crippen molar-refractivity contribution in [1.29, 1.82) is 0 Å². The third-order valence-electron chi connectivity index (χ3n) is 11.8. The Hall–Kier alpha value is -4.66. The second kappa shape index (κ2) is 21.5. The summed E-state index contributed by atoms with van der Waals surface area (Å²) >= 11 is 7.50. The number of benzene rings is 5. The van der Waals surface area contributed by atoms with Crippen LogP contribution in [0, 0.1) is 5.92 Å². The third kappa shape index (κ3) is 12.1. The number of amides is 1. The van der Waals surface area contributed by atoms with Gasteiger partial charge in [-0.1, -0.05) is 66.2 Å². The number of anilines is 2. The fraction of sp³-hybridized carbons (Fsp3) is 0.340. The minimum atomic E-state index is -6.11.